The first-order valence-electron chi connectivity index (χ1n) is 5.12. The van der Waals surface area contributed by atoms with Crippen LogP contribution in [0, 0.1) is 17.0 Å². The van der Waals surface area contributed by atoms with Crippen LogP contribution in [-0.4, -0.2) is 16.4 Å². The maximum atomic E-state index is 10.7. The average molecular weight is 242 g/mol. The summed E-state index contributed by atoms with van der Waals surface area (Å²) in [5, 5.41) is 10.9. The van der Waals surface area contributed by atoms with E-state index in [4.69, 9.17) is 16.3 Å². The zero-order valence-electron chi connectivity index (χ0n) is 8.85. The number of halogens is 1. The Hall–Kier alpha value is -1.29. The molecule has 0 heterocycles. The molecular formula is C11H12ClNO3. The summed E-state index contributed by atoms with van der Waals surface area (Å²) in [6.07, 6.45) is 1.72. The molecule has 4 nitrogen and oxygen atoms in total. The Labute approximate surface area is 98.3 Å². The predicted molar refractivity (Wildman–Crippen MR) is 61.1 cm³/mol. The molecule has 5 heteroatoms. The van der Waals surface area contributed by atoms with Gasteiger partial charge in [-0.2, -0.15) is 0 Å². The largest absolute Gasteiger partial charge is 0.490 e. The van der Waals surface area contributed by atoms with Gasteiger partial charge in [-0.05, 0) is 13.0 Å². The lowest BCUT2D eigenvalue weighted by atomic mass is 9.95. The van der Waals surface area contributed by atoms with Crippen LogP contribution in [0.2, 0.25) is 0 Å². The smallest absolute Gasteiger partial charge is 0.276 e. The Morgan fingerprint density at radius 1 is 1.50 bits per heavy atom. The van der Waals surface area contributed by atoms with Gasteiger partial charge in [0.1, 0.15) is 11.9 Å². The second-order valence-electron chi connectivity index (χ2n) is 3.97. The molecule has 0 aliphatic heterocycles. The van der Waals surface area contributed by atoms with Crippen molar-refractivity contribution in [3.8, 4) is 5.75 Å². The van der Waals surface area contributed by atoms with Gasteiger partial charge < -0.3 is 4.74 Å². The fraction of sp³-hybridized carbons (Fsp3) is 0.455. The van der Waals surface area contributed by atoms with Crippen LogP contribution in [0.1, 0.15) is 18.4 Å². The number of alkyl halides is 1. The SMILES string of the molecule is Cc1c(OC2CC(Cl)C2)cccc1[N+](=O)[O-]. The predicted octanol–water partition coefficient (Wildman–Crippen LogP) is 3.05. The number of ether oxygens (including phenoxy) is 1. The molecule has 0 N–H and O–H groups in total. The highest BCUT2D eigenvalue weighted by atomic mass is 35.5. The van der Waals surface area contributed by atoms with Gasteiger partial charge in [0, 0.05) is 24.3 Å². The van der Waals surface area contributed by atoms with Gasteiger partial charge in [-0.3, -0.25) is 10.1 Å². The molecule has 0 bridgehead atoms. The summed E-state index contributed by atoms with van der Waals surface area (Å²) in [6, 6.07) is 4.87. The summed E-state index contributed by atoms with van der Waals surface area (Å²) in [5.41, 5.74) is 0.671. The van der Waals surface area contributed by atoms with Crippen LogP contribution in [-0.2, 0) is 0 Å². The molecule has 0 spiro atoms. The van der Waals surface area contributed by atoms with Crippen LogP contribution >= 0.6 is 11.6 Å². The molecule has 0 aromatic heterocycles. The minimum absolute atomic E-state index is 0.0965. The number of nitro benzene ring substituents is 1. The number of hydrogen-bond donors (Lipinski definition) is 0. The van der Waals surface area contributed by atoms with E-state index in [1.54, 1.807) is 19.1 Å². The molecule has 0 amide bonds. The van der Waals surface area contributed by atoms with Crippen LogP contribution in [0.5, 0.6) is 5.75 Å². The lowest BCUT2D eigenvalue weighted by molar-refractivity contribution is -0.385. The highest BCUT2D eigenvalue weighted by Gasteiger charge is 2.30. The summed E-state index contributed by atoms with van der Waals surface area (Å²) in [4.78, 5) is 10.3. The van der Waals surface area contributed by atoms with Gasteiger partial charge in [-0.15, -0.1) is 11.6 Å². The molecule has 86 valence electrons. The first-order chi connectivity index (χ1) is 7.58. The molecule has 1 saturated carbocycles. The molecule has 0 radical (unpaired) electrons. The van der Waals surface area contributed by atoms with Crippen molar-refractivity contribution < 1.29 is 9.66 Å². The molecule has 1 aromatic carbocycles. The van der Waals surface area contributed by atoms with Crippen molar-refractivity contribution in [2.45, 2.75) is 31.2 Å². The standard InChI is InChI=1S/C11H12ClNO3/c1-7-10(13(14)15)3-2-4-11(7)16-9-5-8(12)6-9/h2-4,8-9H,5-6H2,1H3. The monoisotopic (exact) mass is 241 g/mol. The fourth-order valence-corrected chi connectivity index (χ4v) is 2.10. The zero-order valence-corrected chi connectivity index (χ0v) is 9.61. The quantitative estimate of drug-likeness (QED) is 0.464. The van der Waals surface area contributed by atoms with E-state index in [0.717, 1.165) is 12.8 Å². The van der Waals surface area contributed by atoms with Crippen LogP contribution in [0.25, 0.3) is 0 Å². The second kappa shape index (κ2) is 4.29. The summed E-state index contributed by atoms with van der Waals surface area (Å²) in [6.45, 7) is 1.70. The van der Waals surface area contributed by atoms with E-state index in [1.807, 2.05) is 0 Å². The van der Waals surface area contributed by atoms with Gasteiger partial charge >= 0.3 is 0 Å². The Morgan fingerprint density at radius 3 is 2.75 bits per heavy atom. The third kappa shape index (κ3) is 2.11. The zero-order chi connectivity index (χ0) is 11.7. The summed E-state index contributed by atoms with van der Waals surface area (Å²) >= 11 is 5.84. The van der Waals surface area contributed by atoms with Crippen molar-refractivity contribution in [2.75, 3.05) is 0 Å². The van der Waals surface area contributed by atoms with Crippen LogP contribution in [0.4, 0.5) is 5.69 Å². The van der Waals surface area contributed by atoms with Gasteiger partial charge in [0.05, 0.1) is 10.5 Å². The molecule has 2 rings (SSSR count). The molecule has 0 saturated heterocycles. The highest BCUT2D eigenvalue weighted by Crippen LogP contribution is 2.33. The van der Waals surface area contributed by atoms with Crippen molar-refractivity contribution in [3.05, 3.63) is 33.9 Å². The topological polar surface area (TPSA) is 52.4 Å². The minimum Gasteiger partial charge on any atom is -0.490 e. The first kappa shape index (κ1) is 11.2. The number of benzene rings is 1. The molecular weight excluding hydrogens is 230 g/mol. The maximum absolute atomic E-state index is 10.7. The van der Waals surface area contributed by atoms with E-state index in [-0.39, 0.29) is 17.2 Å². The lowest BCUT2D eigenvalue weighted by Gasteiger charge is -2.31. The van der Waals surface area contributed by atoms with Crippen molar-refractivity contribution in [1.29, 1.82) is 0 Å². The van der Waals surface area contributed by atoms with Gasteiger partial charge in [0.15, 0.2) is 0 Å². The van der Waals surface area contributed by atoms with Gasteiger partial charge in [0.2, 0.25) is 0 Å². The van der Waals surface area contributed by atoms with E-state index in [2.05, 4.69) is 0 Å². The van der Waals surface area contributed by atoms with E-state index in [9.17, 15) is 10.1 Å². The van der Waals surface area contributed by atoms with Gasteiger partial charge in [-0.25, -0.2) is 0 Å². The van der Waals surface area contributed by atoms with E-state index < -0.39 is 4.92 Å². The molecule has 0 atom stereocenters. The Kier molecular flexibility index (Phi) is 3.01. The summed E-state index contributed by atoms with van der Waals surface area (Å²) in [7, 11) is 0. The maximum Gasteiger partial charge on any atom is 0.276 e. The Morgan fingerprint density at radius 2 is 2.19 bits per heavy atom. The highest BCUT2D eigenvalue weighted by molar-refractivity contribution is 6.21. The minimum atomic E-state index is -0.396. The Balaban J connectivity index is 2.15. The first-order valence-corrected chi connectivity index (χ1v) is 5.56. The van der Waals surface area contributed by atoms with Crippen molar-refractivity contribution in [1.82, 2.24) is 0 Å². The van der Waals surface area contributed by atoms with Crippen LogP contribution in [0.3, 0.4) is 0 Å². The summed E-state index contributed by atoms with van der Waals surface area (Å²) in [5.74, 6) is 0.586. The van der Waals surface area contributed by atoms with Crippen LogP contribution < -0.4 is 4.74 Å². The second-order valence-corrected chi connectivity index (χ2v) is 4.58. The van der Waals surface area contributed by atoms with E-state index in [1.165, 1.54) is 6.07 Å². The van der Waals surface area contributed by atoms with Gasteiger partial charge in [-0.1, -0.05) is 6.07 Å². The lowest BCUT2D eigenvalue weighted by Crippen LogP contribution is -2.34. The number of rotatable bonds is 3. The number of nitrogens with zero attached hydrogens (tertiary/aromatic N) is 1. The van der Waals surface area contributed by atoms with E-state index >= 15 is 0 Å². The normalized spacial score (nSPS) is 23.6. The fourth-order valence-electron chi connectivity index (χ4n) is 1.71. The van der Waals surface area contributed by atoms with Crippen LogP contribution in [0.15, 0.2) is 18.2 Å². The third-order valence-corrected chi connectivity index (χ3v) is 3.14. The van der Waals surface area contributed by atoms with Gasteiger partial charge in [0.25, 0.3) is 5.69 Å². The molecule has 1 aromatic rings. The molecule has 1 aliphatic rings. The Bertz CT molecular complexity index is 416. The summed E-state index contributed by atoms with van der Waals surface area (Å²) < 4.78 is 5.65. The average Bonchev–Trinajstić information content (AvgIpc) is 2.18. The van der Waals surface area contributed by atoms with Crippen molar-refractivity contribution >= 4 is 17.3 Å². The third-order valence-electron chi connectivity index (χ3n) is 2.78. The van der Waals surface area contributed by atoms with Crippen molar-refractivity contribution in [2.24, 2.45) is 0 Å². The van der Waals surface area contributed by atoms with E-state index in [0.29, 0.717) is 11.3 Å². The molecule has 16 heavy (non-hydrogen) atoms. The van der Waals surface area contributed by atoms with Crippen molar-refractivity contribution in [3.63, 3.8) is 0 Å². The molecule has 0 unspecified atom stereocenters. The number of nitro groups is 1. The molecule has 1 aliphatic carbocycles. The number of hydrogen-bond acceptors (Lipinski definition) is 3. The molecule has 1 fully saturated rings.